The Bertz CT molecular complexity index is 1320. The minimum atomic E-state index is -4.16. The van der Waals surface area contributed by atoms with Gasteiger partial charge in [-0.05, 0) is 49.0 Å². The highest BCUT2D eigenvalue weighted by Crippen LogP contribution is 2.30. The van der Waals surface area contributed by atoms with Crippen molar-refractivity contribution in [2.45, 2.75) is 11.4 Å². The third kappa shape index (κ3) is 5.04. The highest BCUT2D eigenvalue weighted by Gasteiger charge is 2.24. The molecule has 3 rings (SSSR count). The molecule has 31 heavy (non-hydrogen) atoms. The Balaban J connectivity index is 2.11. The Labute approximate surface area is 181 Å². The van der Waals surface area contributed by atoms with Crippen molar-refractivity contribution in [2.24, 2.45) is 0 Å². The lowest BCUT2D eigenvalue weighted by atomic mass is 10.1. The third-order valence-electron chi connectivity index (χ3n) is 4.37. The highest BCUT2D eigenvalue weighted by molar-refractivity contribution is 7.92. The quantitative estimate of drug-likeness (QED) is 0.475. The van der Waals surface area contributed by atoms with Gasteiger partial charge in [0.15, 0.2) is 0 Å². The number of halogens is 1. The molecule has 1 aromatic heterocycles. The van der Waals surface area contributed by atoms with Gasteiger partial charge in [-0.2, -0.15) is 0 Å². The minimum Gasteiger partial charge on any atom is -0.316 e. The fourth-order valence-electron chi connectivity index (χ4n) is 3.07. The minimum absolute atomic E-state index is 0.0953. The van der Waals surface area contributed by atoms with Gasteiger partial charge in [-0.3, -0.25) is 4.72 Å². The first kappa shape index (κ1) is 22.7. The summed E-state index contributed by atoms with van der Waals surface area (Å²) in [5.41, 5.74) is 1.04. The summed E-state index contributed by atoms with van der Waals surface area (Å²) in [7, 11) is -6.14. The number of nitrogens with one attached hydrogen (secondary N) is 2. The molecule has 0 aliphatic rings. The number of hydrogen-bond acceptors (Lipinski definition) is 5. The van der Waals surface area contributed by atoms with Crippen molar-refractivity contribution >= 4 is 25.7 Å². The molecule has 0 atom stereocenters. The number of sulfonamides is 1. The van der Waals surface area contributed by atoms with Crippen LogP contribution in [0.4, 0.5) is 10.1 Å². The molecule has 0 saturated carbocycles. The Hall–Kier alpha value is -2.95. The van der Waals surface area contributed by atoms with E-state index in [1.54, 1.807) is 19.2 Å². The van der Waals surface area contributed by atoms with Crippen molar-refractivity contribution in [1.82, 2.24) is 9.29 Å². The number of rotatable bonds is 9. The average Bonchev–Trinajstić information content (AvgIpc) is 3.13. The number of hydrogen-bond donors (Lipinski definition) is 2. The lowest BCUT2D eigenvalue weighted by Gasteiger charge is -2.13. The van der Waals surface area contributed by atoms with Gasteiger partial charge >= 0.3 is 0 Å². The van der Waals surface area contributed by atoms with Gasteiger partial charge in [0.2, 0.25) is 10.0 Å². The van der Waals surface area contributed by atoms with Gasteiger partial charge in [0, 0.05) is 24.0 Å². The number of nitrogens with zero attached hydrogens (tertiary/aromatic N) is 1. The molecule has 2 aromatic carbocycles. The zero-order valence-electron chi connectivity index (χ0n) is 16.7. The van der Waals surface area contributed by atoms with Gasteiger partial charge in [-0.25, -0.2) is 25.2 Å². The van der Waals surface area contributed by atoms with Crippen molar-refractivity contribution in [1.29, 1.82) is 0 Å². The van der Waals surface area contributed by atoms with Crippen LogP contribution in [0, 0.1) is 5.82 Å². The maximum Gasteiger partial charge on any atom is 0.268 e. The zero-order chi connectivity index (χ0) is 22.6. The maximum absolute atomic E-state index is 14.5. The van der Waals surface area contributed by atoms with Crippen molar-refractivity contribution in [3.8, 4) is 11.3 Å². The van der Waals surface area contributed by atoms with E-state index in [0.29, 0.717) is 12.1 Å². The van der Waals surface area contributed by atoms with Crippen molar-refractivity contribution < 1.29 is 21.2 Å². The van der Waals surface area contributed by atoms with Gasteiger partial charge < -0.3 is 5.32 Å². The summed E-state index contributed by atoms with van der Waals surface area (Å²) in [5, 5.41) is 2.94. The maximum atomic E-state index is 14.5. The topological polar surface area (TPSA) is 97.3 Å². The number of aromatic nitrogens is 1. The first-order valence-corrected chi connectivity index (χ1v) is 12.3. The van der Waals surface area contributed by atoms with Crippen LogP contribution in [-0.4, -0.2) is 33.6 Å². The summed E-state index contributed by atoms with van der Waals surface area (Å²) in [6.45, 7) is 3.77. The molecule has 0 fully saturated rings. The Kier molecular flexibility index (Phi) is 6.63. The van der Waals surface area contributed by atoms with Crippen LogP contribution in [0.3, 0.4) is 0 Å². The SMILES string of the molecule is C=CCS(=O)(=O)Nc1cccc(S(=O)(=O)n2cc(CNC)cc2-c2ccccc2F)c1. The summed E-state index contributed by atoms with van der Waals surface area (Å²) in [5.74, 6) is -0.870. The van der Waals surface area contributed by atoms with E-state index in [4.69, 9.17) is 0 Å². The Morgan fingerprint density at radius 3 is 2.48 bits per heavy atom. The molecular formula is C21H22FN3O4S2. The molecule has 0 amide bonds. The standard InChI is InChI=1S/C21H22FN3O4S2/c1-3-11-30(26,27)24-17-7-6-8-18(13-17)31(28,29)25-15-16(14-23-2)12-21(25)19-9-4-5-10-20(19)22/h3-10,12-13,15,23-24H,1,11,14H2,2H3. The van der Waals surface area contributed by atoms with Gasteiger partial charge in [0.1, 0.15) is 5.82 Å². The molecule has 0 spiro atoms. The van der Waals surface area contributed by atoms with Crippen molar-refractivity contribution in [3.05, 3.63) is 84.8 Å². The smallest absolute Gasteiger partial charge is 0.268 e. The molecule has 3 aromatic rings. The first-order chi connectivity index (χ1) is 14.7. The van der Waals surface area contributed by atoms with Gasteiger partial charge in [0.05, 0.1) is 16.3 Å². The van der Waals surface area contributed by atoms with E-state index in [2.05, 4.69) is 16.6 Å². The fraction of sp³-hybridized carbons (Fsp3) is 0.143. The van der Waals surface area contributed by atoms with Crippen molar-refractivity contribution in [2.75, 3.05) is 17.5 Å². The van der Waals surface area contributed by atoms with Crippen LogP contribution in [0.5, 0.6) is 0 Å². The number of benzene rings is 2. The summed E-state index contributed by atoms with van der Waals surface area (Å²) < 4.78 is 68.6. The molecule has 2 N–H and O–H groups in total. The molecule has 0 bridgehead atoms. The second kappa shape index (κ2) is 9.04. The third-order valence-corrected chi connectivity index (χ3v) is 7.27. The molecule has 1 heterocycles. The van der Waals surface area contributed by atoms with E-state index in [1.807, 2.05) is 0 Å². The summed E-state index contributed by atoms with van der Waals surface area (Å²) in [4.78, 5) is -0.143. The van der Waals surface area contributed by atoms with Crippen LogP contribution in [-0.2, 0) is 26.6 Å². The lowest BCUT2D eigenvalue weighted by molar-refractivity contribution is 0.587. The molecular weight excluding hydrogens is 441 g/mol. The van der Waals surface area contributed by atoms with Crippen LogP contribution in [0.2, 0.25) is 0 Å². The van der Waals surface area contributed by atoms with E-state index in [1.165, 1.54) is 54.7 Å². The lowest BCUT2D eigenvalue weighted by Crippen LogP contribution is -2.17. The zero-order valence-corrected chi connectivity index (χ0v) is 18.4. The first-order valence-electron chi connectivity index (χ1n) is 9.26. The largest absolute Gasteiger partial charge is 0.316 e. The molecule has 0 radical (unpaired) electrons. The monoisotopic (exact) mass is 463 g/mol. The van der Waals surface area contributed by atoms with E-state index >= 15 is 0 Å². The van der Waals surface area contributed by atoms with E-state index in [0.717, 1.165) is 3.97 Å². The molecule has 0 aliphatic carbocycles. The second-order valence-corrected chi connectivity index (χ2v) is 10.3. The molecule has 164 valence electrons. The molecule has 7 nitrogen and oxygen atoms in total. The highest BCUT2D eigenvalue weighted by atomic mass is 32.2. The molecule has 0 aliphatic heterocycles. The molecule has 10 heteroatoms. The predicted octanol–water partition coefficient (Wildman–Crippen LogP) is 3.18. The van der Waals surface area contributed by atoms with Crippen LogP contribution in [0.1, 0.15) is 5.56 Å². The molecule has 0 unspecified atom stereocenters. The Morgan fingerprint density at radius 2 is 1.81 bits per heavy atom. The van der Waals surface area contributed by atoms with Crippen LogP contribution in [0.25, 0.3) is 11.3 Å². The van der Waals surface area contributed by atoms with Gasteiger partial charge in [-0.1, -0.05) is 24.3 Å². The van der Waals surface area contributed by atoms with Gasteiger partial charge in [0.25, 0.3) is 10.0 Å². The second-order valence-electron chi connectivity index (χ2n) is 6.74. The summed E-state index contributed by atoms with van der Waals surface area (Å²) in [6, 6.07) is 12.9. The average molecular weight is 464 g/mol. The number of anilines is 1. The van der Waals surface area contributed by atoms with E-state index in [-0.39, 0.29) is 27.6 Å². The van der Waals surface area contributed by atoms with Crippen LogP contribution < -0.4 is 10.0 Å². The van der Waals surface area contributed by atoms with Gasteiger partial charge in [-0.15, -0.1) is 6.58 Å². The van der Waals surface area contributed by atoms with E-state index in [9.17, 15) is 21.2 Å². The summed E-state index contributed by atoms with van der Waals surface area (Å²) >= 11 is 0. The fourth-order valence-corrected chi connectivity index (χ4v) is 5.39. The van der Waals surface area contributed by atoms with Crippen molar-refractivity contribution in [3.63, 3.8) is 0 Å². The summed E-state index contributed by atoms with van der Waals surface area (Å²) in [6.07, 6.45) is 2.65. The van der Waals surface area contributed by atoms with Crippen LogP contribution >= 0.6 is 0 Å². The van der Waals surface area contributed by atoms with E-state index < -0.39 is 25.9 Å². The normalized spacial score (nSPS) is 11.9. The molecule has 0 saturated heterocycles. The van der Waals surface area contributed by atoms with Crippen LogP contribution in [0.15, 0.2) is 78.3 Å². The Morgan fingerprint density at radius 1 is 1.06 bits per heavy atom. The predicted molar refractivity (Wildman–Crippen MR) is 119 cm³/mol.